The minimum atomic E-state index is 1.23. The summed E-state index contributed by atoms with van der Waals surface area (Å²) in [5.74, 6) is 0. The summed E-state index contributed by atoms with van der Waals surface area (Å²) >= 11 is 9.45. The van der Waals surface area contributed by atoms with Gasteiger partial charge in [-0.3, -0.25) is 0 Å². The molecule has 2 heterocycles. The van der Waals surface area contributed by atoms with Crippen LogP contribution in [-0.2, 0) is 0 Å². The van der Waals surface area contributed by atoms with Crippen molar-refractivity contribution < 1.29 is 0 Å². The normalized spacial score (nSPS) is 11.0. The van der Waals surface area contributed by atoms with Gasteiger partial charge in [0.15, 0.2) is 0 Å². The van der Waals surface area contributed by atoms with Gasteiger partial charge in [0.2, 0.25) is 0 Å². The van der Waals surface area contributed by atoms with Gasteiger partial charge in [-0.25, -0.2) is 0 Å². The maximum Gasteiger partial charge on any atom is 0.0888 e. The molecule has 2 aromatic rings. The summed E-state index contributed by atoms with van der Waals surface area (Å²) in [7, 11) is 0. The Morgan fingerprint density at radius 2 is 2.10 bits per heavy atom. The van der Waals surface area contributed by atoms with Crippen molar-refractivity contribution in [3.63, 3.8) is 0 Å². The Bertz CT molecular complexity index is 300. The van der Waals surface area contributed by atoms with E-state index in [0.29, 0.717) is 0 Å². The topological polar surface area (TPSA) is 0 Å². The van der Waals surface area contributed by atoms with Crippen molar-refractivity contribution in [2.45, 2.75) is 0 Å². The van der Waals surface area contributed by atoms with Crippen LogP contribution in [0.4, 0.5) is 0 Å². The highest BCUT2D eigenvalue weighted by molar-refractivity contribution is 14.1. The van der Waals surface area contributed by atoms with Crippen molar-refractivity contribution >= 4 is 70.6 Å². The molecule has 0 saturated heterocycles. The molecule has 4 heteroatoms. The SMILES string of the molecule is Brc1cc2cc(I)sc2s1. The van der Waals surface area contributed by atoms with Gasteiger partial charge in [0.1, 0.15) is 0 Å². The van der Waals surface area contributed by atoms with Crippen molar-refractivity contribution in [3.8, 4) is 0 Å². The second kappa shape index (κ2) is 2.73. The van der Waals surface area contributed by atoms with E-state index in [0.717, 1.165) is 0 Å². The molecule has 0 saturated carbocycles. The molecule has 0 amide bonds. The molecule has 0 spiro atoms. The second-order valence-electron chi connectivity index (χ2n) is 1.84. The number of fused-ring (bicyclic) bond motifs is 1. The van der Waals surface area contributed by atoms with Crippen molar-refractivity contribution in [1.29, 1.82) is 0 Å². The molecule has 10 heavy (non-hydrogen) atoms. The van der Waals surface area contributed by atoms with Crippen molar-refractivity contribution in [2.24, 2.45) is 0 Å². The Morgan fingerprint density at radius 3 is 2.80 bits per heavy atom. The van der Waals surface area contributed by atoms with Crippen LogP contribution in [-0.4, -0.2) is 0 Å². The van der Waals surface area contributed by atoms with Crippen molar-refractivity contribution in [1.82, 2.24) is 0 Å². The highest BCUT2D eigenvalue weighted by Gasteiger charge is 2.02. The first-order valence-electron chi connectivity index (χ1n) is 2.60. The summed E-state index contributed by atoms with van der Waals surface area (Å²) in [6, 6.07) is 4.38. The zero-order valence-electron chi connectivity index (χ0n) is 4.73. The Hall–Kier alpha value is 0.870. The fourth-order valence-electron chi connectivity index (χ4n) is 0.779. The molecular weight excluding hydrogens is 343 g/mol. The van der Waals surface area contributed by atoms with E-state index in [4.69, 9.17) is 0 Å². The molecule has 2 aromatic heterocycles. The molecule has 0 atom stereocenters. The first-order valence-corrected chi connectivity index (χ1v) is 6.10. The van der Waals surface area contributed by atoms with Gasteiger partial charge in [0.05, 0.1) is 10.7 Å². The Morgan fingerprint density at radius 1 is 1.30 bits per heavy atom. The van der Waals surface area contributed by atoms with E-state index < -0.39 is 0 Å². The average molecular weight is 345 g/mol. The largest absolute Gasteiger partial charge is 0.118 e. The molecular formula is C6H2BrIS2. The first-order chi connectivity index (χ1) is 4.75. The summed E-state index contributed by atoms with van der Waals surface area (Å²) in [5, 5.41) is 1.37. The predicted molar refractivity (Wildman–Crippen MR) is 60.1 cm³/mol. The van der Waals surface area contributed by atoms with Crippen LogP contribution in [0.1, 0.15) is 0 Å². The van der Waals surface area contributed by atoms with E-state index in [1.807, 2.05) is 11.3 Å². The summed E-state index contributed by atoms with van der Waals surface area (Å²) in [6.07, 6.45) is 0. The van der Waals surface area contributed by atoms with Gasteiger partial charge in [-0.05, 0) is 50.7 Å². The maximum atomic E-state index is 3.45. The molecule has 0 radical (unpaired) electrons. The lowest BCUT2D eigenvalue weighted by Gasteiger charge is -1.71. The molecule has 0 aliphatic rings. The molecule has 0 nitrogen and oxygen atoms in total. The van der Waals surface area contributed by atoms with Crippen molar-refractivity contribution in [2.75, 3.05) is 0 Å². The molecule has 2 rings (SSSR count). The zero-order valence-corrected chi connectivity index (χ0v) is 10.1. The molecule has 0 aromatic carbocycles. The van der Waals surface area contributed by atoms with Gasteiger partial charge < -0.3 is 0 Å². The van der Waals surface area contributed by atoms with Crippen LogP contribution in [0, 0.1) is 2.88 Å². The lowest BCUT2D eigenvalue weighted by atomic mass is 10.4. The molecule has 0 aliphatic heterocycles. The highest BCUT2D eigenvalue weighted by atomic mass is 127. The second-order valence-corrected chi connectivity index (χ2v) is 7.48. The van der Waals surface area contributed by atoms with Gasteiger partial charge in [-0.1, -0.05) is 0 Å². The summed E-state index contributed by atoms with van der Waals surface area (Å²) < 4.78 is 4.01. The maximum absolute atomic E-state index is 3.45. The monoisotopic (exact) mass is 344 g/mol. The van der Waals surface area contributed by atoms with E-state index in [2.05, 4.69) is 50.7 Å². The van der Waals surface area contributed by atoms with E-state index in [1.165, 1.54) is 16.1 Å². The van der Waals surface area contributed by atoms with Crippen LogP contribution in [0.5, 0.6) is 0 Å². The lowest BCUT2D eigenvalue weighted by molar-refractivity contribution is 2.00. The van der Waals surface area contributed by atoms with Crippen molar-refractivity contribution in [3.05, 3.63) is 18.8 Å². The number of halogens is 2. The van der Waals surface area contributed by atoms with Crippen LogP contribution in [0.3, 0.4) is 0 Å². The lowest BCUT2D eigenvalue weighted by Crippen LogP contribution is -1.46. The highest BCUT2D eigenvalue weighted by Crippen LogP contribution is 2.36. The third-order valence-corrected chi connectivity index (χ3v) is 4.81. The Kier molecular flexibility index (Phi) is 2.05. The van der Waals surface area contributed by atoms with Crippen LogP contribution >= 0.6 is 61.2 Å². The van der Waals surface area contributed by atoms with E-state index >= 15 is 0 Å². The van der Waals surface area contributed by atoms with E-state index in [9.17, 15) is 0 Å². The average Bonchev–Trinajstić information content (AvgIpc) is 2.21. The smallest absolute Gasteiger partial charge is 0.0888 e. The molecule has 0 bridgehead atoms. The third-order valence-electron chi connectivity index (χ3n) is 1.15. The summed E-state index contributed by atoms with van der Waals surface area (Å²) in [5.41, 5.74) is 0. The van der Waals surface area contributed by atoms with E-state index in [-0.39, 0.29) is 0 Å². The van der Waals surface area contributed by atoms with E-state index in [1.54, 1.807) is 11.3 Å². The fourth-order valence-corrected chi connectivity index (χ4v) is 5.18. The molecule has 0 aliphatic carbocycles. The zero-order chi connectivity index (χ0) is 7.14. The summed E-state index contributed by atoms with van der Waals surface area (Å²) in [4.78, 5) is 0. The first kappa shape index (κ1) is 7.52. The Labute approximate surface area is 88.5 Å². The van der Waals surface area contributed by atoms with Gasteiger partial charge in [0, 0.05) is 5.39 Å². The predicted octanol–water partition coefficient (Wildman–Crippen LogP) is 4.33. The molecule has 0 fully saturated rings. The number of hydrogen-bond donors (Lipinski definition) is 0. The van der Waals surface area contributed by atoms with Gasteiger partial charge in [0.25, 0.3) is 0 Å². The number of hydrogen-bond acceptors (Lipinski definition) is 2. The van der Waals surface area contributed by atoms with Gasteiger partial charge in [-0.2, -0.15) is 0 Å². The third kappa shape index (κ3) is 1.26. The van der Waals surface area contributed by atoms with Crippen LogP contribution < -0.4 is 0 Å². The van der Waals surface area contributed by atoms with Gasteiger partial charge in [-0.15, -0.1) is 22.7 Å². The molecule has 0 N–H and O–H groups in total. The minimum Gasteiger partial charge on any atom is -0.118 e. The molecule has 0 unspecified atom stereocenters. The quantitative estimate of drug-likeness (QED) is 0.624. The van der Waals surface area contributed by atoms with Crippen LogP contribution in [0.2, 0.25) is 0 Å². The minimum absolute atomic E-state index is 1.23. The van der Waals surface area contributed by atoms with Gasteiger partial charge >= 0.3 is 0 Å². The van der Waals surface area contributed by atoms with Crippen LogP contribution in [0.25, 0.3) is 9.40 Å². The standard InChI is InChI=1S/C6H2BrIS2/c7-4-1-3-2-5(8)10-6(3)9-4/h1-2H. The summed E-state index contributed by atoms with van der Waals surface area (Å²) in [6.45, 7) is 0. The molecule has 52 valence electrons. The Balaban J connectivity index is 2.83. The number of thiophene rings is 2. The fraction of sp³-hybridized carbons (Fsp3) is 0. The number of rotatable bonds is 0. The van der Waals surface area contributed by atoms with Crippen LogP contribution in [0.15, 0.2) is 15.9 Å².